The molecule has 0 heterocycles. The molecular weight excluding hydrogens is 455 g/mol. The SMILES string of the molecule is O=C(O)CCC(=O)OP(c1ccccc1)(c1ccccc1)(c1ccccc1)C1CCCCCCC1. The third-order valence-corrected chi connectivity index (χ3v) is 13.9. The van der Waals surface area contributed by atoms with Crippen LogP contribution in [0, 0.1) is 0 Å². The monoisotopic (exact) mass is 490 g/mol. The molecule has 184 valence electrons. The molecule has 0 atom stereocenters. The molecule has 4 rings (SSSR count). The van der Waals surface area contributed by atoms with Gasteiger partial charge in [0.05, 0.1) is 0 Å². The number of hydrogen-bond acceptors (Lipinski definition) is 3. The zero-order chi connectivity index (χ0) is 24.6. The molecule has 0 amide bonds. The van der Waals surface area contributed by atoms with Gasteiger partial charge in [0.15, 0.2) is 0 Å². The standard InChI is InChI=1S/C30H35O4P/c31-29(32)23-24-30(33)34-35(26-17-9-4-10-18-26,27-19-11-5-12-20-27,28-21-13-6-14-22-28)25-15-7-2-1-3-8-16-25/h4-6,9-14,17-22,25H,1-3,7-8,15-16,23-24H2,(H,31,32). The van der Waals surface area contributed by atoms with Crippen molar-refractivity contribution in [2.24, 2.45) is 0 Å². The summed E-state index contributed by atoms with van der Waals surface area (Å²) in [7, 11) is 0. The van der Waals surface area contributed by atoms with Gasteiger partial charge in [-0.25, -0.2) is 0 Å². The van der Waals surface area contributed by atoms with E-state index in [1.165, 1.54) is 19.3 Å². The van der Waals surface area contributed by atoms with Gasteiger partial charge in [-0.05, 0) is 0 Å². The minimum atomic E-state index is -3.84. The minimum absolute atomic E-state index is 0.113. The number of rotatable bonds is 8. The van der Waals surface area contributed by atoms with Crippen molar-refractivity contribution in [3.05, 3.63) is 91.0 Å². The molecule has 1 N–H and O–H groups in total. The Hall–Kier alpha value is -2.97. The van der Waals surface area contributed by atoms with E-state index in [9.17, 15) is 14.7 Å². The van der Waals surface area contributed by atoms with Crippen LogP contribution in [0.2, 0.25) is 0 Å². The van der Waals surface area contributed by atoms with Gasteiger partial charge in [0.1, 0.15) is 0 Å². The number of benzene rings is 3. The van der Waals surface area contributed by atoms with Crippen molar-refractivity contribution in [2.75, 3.05) is 0 Å². The van der Waals surface area contributed by atoms with Crippen LogP contribution in [0.4, 0.5) is 0 Å². The van der Waals surface area contributed by atoms with Crippen molar-refractivity contribution in [3.63, 3.8) is 0 Å². The second kappa shape index (κ2) is 11.2. The second-order valence-corrected chi connectivity index (χ2v) is 14.1. The first-order valence-electron chi connectivity index (χ1n) is 12.7. The Morgan fingerprint density at radius 3 is 1.46 bits per heavy atom. The molecule has 3 aromatic carbocycles. The Labute approximate surface area is 208 Å². The van der Waals surface area contributed by atoms with Crippen molar-refractivity contribution >= 4 is 34.7 Å². The van der Waals surface area contributed by atoms with Gasteiger partial charge in [-0.15, -0.1) is 0 Å². The van der Waals surface area contributed by atoms with Gasteiger partial charge in [-0.3, -0.25) is 0 Å². The number of carboxylic acid groups (broad SMARTS) is 1. The first kappa shape index (κ1) is 25.1. The normalized spacial score (nSPS) is 16.3. The van der Waals surface area contributed by atoms with E-state index in [1.54, 1.807) is 0 Å². The van der Waals surface area contributed by atoms with Crippen LogP contribution in [0.5, 0.6) is 0 Å². The fraction of sp³-hybridized carbons (Fsp3) is 0.333. The van der Waals surface area contributed by atoms with Gasteiger partial charge in [0.2, 0.25) is 0 Å². The maximum atomic E-state index is 13.6. The Morgan fingerprint density at radius 2 is 1.06 bits per heavy atom. The quantitative estimate of drug-likeness (QED) is 0.396. The van der Waals surface area contributed by atoms with Gasteiger partial charge in [0.25, 0.3) is 0 Å². The van der Waals surface area contributed by atoms with Crippen LogP contribution in [0.25, 0.3) is 0 Å². The van der Waals surface area contributed by atoms with Crippen LogP contribution in [0.3, 0.4) is 0 Å². The van der Waals surface area contributed by atoms with Crippen molar-refractivity contribution in [2.45, 2.75) is 63.4 Å². The summed E-state index contributed by atoms with van der Waals surface area (Å²) >= 11 is 0. The molecule has 35 heavy (non-hydrogen) atoms. The molecule has 1 aliphatic carbocycles. The zero-order valence-electron chi connectivity index (χ0n) is 20.2. The zero-order valence-corrected chi connectivity index (χ0v) is 21.1. The average molecular weight is 491 g/mol. The van der Waals surface area contributed by atoms with Crippen molar-refractivity contribution in [3.8, 4) is 0 Å². The molecule has 1 aliphatic rings. The molecule has 4 nitrogen and oxygen atoms in total. The van der Waals surface area contributed by atoms with Gasteiger partial charge < -0.3 is 0 Å². The predicted molar refractivity (Wildman–Crippen MR) is 144 cm³/mol. The van der Waals surface area contributed by atoms with Gasteiger partial charge in [0, 0.05) is 0 Å². The summed E-state index contributed by atoms with van der Waals surface area (Å²) in [6.45, 7) is -3.84. The predicted octanol–water partition coefficient (Wildman–Crippen LogP) is 5.95. The van der Waals surface area contributed by atoms with E-state index in [2.05, 4.69) is 36.4 Å². The molecule has 1 saturated carbocycles. The summed E-state index contributed by atoms with van der Waals surface area (Å²) in [6, 6.07) is 30.8. The van der Waals surface area contributed by atoms with E-state index in [0.29, 0.717) is 0 Å². The van der Waals surface area contributed by atoms with E-state index < -0.39 is 18.8 Å². The van der Waals surface area contributed by atoms with Crippen molar-refractivity contribution < 1.29 is 19.2 Å². The summed E-state index contributed by atoms with van der Waals surface area (Å²) in [5.41, 5.74) is 0.113. The first-order chi connectivity index (χ1) is 17.1. The molecule has 0 bridgehead atoms. The number of carbonyl (C=O) groups excluding carboxylic acids is 1. The molecule has 3 aromatic rings. The molecule has 0 aromatic heterocycles. The number of hydrogen-bond donors (Lipinski definition) is 1. The van der Waals surface area contributed by atoms with Crippen LogP contribution < -0.4 is 15.9 Å². The van der Waals surface area contributed by atoms with Crippen LogP contribution in [-0.2, 0) is 14.1 Å². The Bertz CT molecular complexity index is 1010. The summed E-state index contributed by atoms with van der Waals surface area (Å²) in [6.07, 6.45) is 7.29. The molecule has 0 saturated heterocycles. The van der Waals surface area contributed by atoms with Crippen molar-refractivity contribution in [1.29, 1.82) is 0 Å². The van der Waals surface area contributed by atoms with Gasteiger partial charge >= 0.3 is 208 Å². The van der Waals surface area contributed by atoms with Crippen LogP contribution >= 0.6 is 6.83 Å². The Balaban J connectivity index is 2.09. The average Bonchev–Trinajstić information content (AvgIpc) is 2.88. The van der Waals surface area contributed by atoms with E-state index in [1.807, 2.05) is 54.6 Å². The first-order valence-corrected chi connectivity index (χ1v) is 14.9. The van der Waals surface area contributed by atoms with Gasteiger partial charge in [-0.1, -0.05) is 0 Å². The van der Waals surface area contributed by atoms with E-state index in [4.69, 9.17) is 4.52 Å². The topological polar surface area (TPSA) is 63.6 Å². The summed E-state index contributed by atoms with van der Waals surface area (Å²) in [5, 5.41) is 12.4. The summed E-state index contributed by atoms with van der Waals surface area (Å²) < 4.78 is 7.00. The Morgan fingerprint density at radius 1 is 0.657 bits per heavy atom. The second-order valence-electron chi connectivity index (χ2n) is 9.46. The van der Waals surface area contributed by atoms with E-state index >= 15 is 0 Å². The van der Waals surface area contributed by atoms with Crippen LogP contribution in [0.1, 0.15) is 57.8 Å². The molecule has 0 spiro atoms. The molecule has 0 aliphatic heterocycles. The fourth-order valence-corrected chi connectivity index (χ4v) is 12.7. The molecule has 0 unspecified atom stereocenters. The summed E-state index contributed by atoms with van der Waals surface area (Å²) in [4.78, 5) is 25.0. The van der Waals surface area contributed by atoms with Crippen molar-refractivity contribution in [1.82, 2.24) is 0 Å². The molecule has 0 radical (unpaired) electrons. The third-order valence-electron chi connectivity index (χ3n) is 7.41. The molecule has 5 heteroatoms. The van der Waals surface area contributed by atoms with Gasteiger partial charge in [-0.2, -0.15) is 0 Å². The third kappa shape index (κ3) is 4.77. The number of aliphatic carboxylic acids is 1. The molecular formula is C30H35O4P. The van der Waals surface area contributed by atoms with Crippen LogP contribution in [0.15, 0.2) is 91.0 Å². The van der Waals surface area contributed by atoms with Crippen LogP contribution in [-0.4, -0.2) is 22.7 Å². The maximum absolute atomic E-state index is 13.6. The van der Waals surface area contributed by atoms with E-state index in [-0.39, 0.29) is 18.5 Å². The Kier molecular flexibility index (Phi) is 8.03. The fourth-order valence-electron chi connectivity index (χ4n) is 5.88. The van der Waals surface area contributed by atoms with E-state index in [0.717, 1.165) is 41.6 Å². The molecule has 1 fully saturated rings. The number of carbonyl (C=O) groups is 2. The summed E-state index contributed by atoms with van der Waals surface area (Å²) in [5.74, 6) is -1.43. The number of carboxylic acids is 1.